The SMILES string of the molecule is COc1ccc(OC)c(CN2CCN(C(=O)NC(C)c3nc(C)cs3)CC2)c1. The van der Waals surface area contributed by atoms with Gasteiger partial charge in [-0.3, -0.25) is 4.90 Å². The van der Waals surface area contributed by atoms with E-state index in [-0.39, 0.29) is 12.1 Å². The van der Waals surface area contributed by atoms with Gasteiger partial charge in [-0.2, -0.15) is 0 Å². The van der Waals surface area contributed by atoms with Crippen LogP contribution in [0.5, 0.6) is 11.5 Å². The van der Waals surface area contributed by atoms with Crippen LogP contribution in [0, 0.1) is 6.92 Å². The van der Waals surface area contributed by atoms with Gasteiger partial charge in [0, 0.05) is 49.4 Å². The van der Waals surface area contributed by atoms with E-state index in [0.29, 0.717) is 13.1 Å². The van der Waals surface area contributed by atoms with E-state index in [1.54, 1.807) is 25.6 Å². The molecule has 28 heavy (non-hydrogen) atoms. The second-order valence-corrected chi connectivity index (χ2v) is 7.83. The first kappa shape index (κ1) is 20.4. The molecule has 8 heteroatoms. The topological polar surface area (TPSA) is 66.9 Å². The van der Waals surface area contributed by atoms with Crippen LogP contribution in [0.25, 0.3) is 0 Å². The van der Waals surface area contributed by atoms with Gasteiger partial charge in [-0.25, -0.2) is 9.78 Å². The molecular formula is C20H28N4O3S. The van der Waals surface area contributed by atoms with Crippen LogP contribution in [0.4, 0.5) is 4.79 Å². The third-order valence-corrected chi connectivity index (χ3v) is 6.03. The Morgan fingerprint density at radius 3 is 2.61 bits per heavy atom. The van der Waals surface area contributed by atoms with Gasteiger partial charge in [0.15, 0.2) is 0 Å². The van der Waals surface area contributed by atoms with Crippen molar-refractivity contribution < 1.29 is 14.3 Å². The number of benzene rings is 1. The second kappa shape index (κ2) is 9.25. The van der Waals surface area contributed by atoms with Crippen molar-refractivity contribution in [1.29, 1.82) is 0 Å². The summed E-state index contributed by atoms with van der Waals surface area (Å²) in [5.74, 6) is 1.67. The zero-order chi connectivity index (χ0) is 20.1. The van der Waals surface area contributed by atoms with Crippen molar-refractivity contribution in [2.24, 2.45) is 0 Å². The first-order valence-electron chi connectivity index (χ1n) is 9.41. The molecule has 0 saturated carbocycles. The summed E-state index contributed by atoms with van der Waals surface area (Å²) in [6.45, 7) is 7.73. The average Bonchev–Trinajstić information content (AvgIpc) is 3.15. The molecular weight excluding hydrogens is 376 g/mol. The van der Waals surface area contributed by atoms with Crippen molar-refractivity contribution in [1.82, 2.24) is 20.1 Å². The number of urea groups is 1. The lowest BCUT2D eigenvalue weighted by Crippen LogP contribution is -2.51. The van der Waals surface area contributed by atoms with E-state index in [0.717, 1.165) is 47.4 Å². The monoisotopic (exact) mass is 404 g/mol. The highest BCUT2D eigenvalue weighted by Gasteiger charge is 2.23. The summed E-state index contributed by atoms with van der Waals surface area (Å²) in [6.07, 6.45) is 0. The largest absolute Gasteiger partial charge is 0.497 e. The number of nitrogens with zero attached hydrogens (tertiary/aromatic N) is 3. The molecule has 1 atom stereocenters. The molecule has 0 bridgehead atoms. The Morgan fingerprint density at radius 2 is 2.00 bits per heavy atom. The number of hydrogen-bond donors (Lipinski definition) is 1. The number of aromatic nitrogens is 1. The van der Waals surface area contributed by atoms with E-state index in [2.05, 4.69) is 15.2 Å². The minimum Gasteiger partial charge on any atom is -0.497 e. The lowest BCUT2D eigenvalue weighted by molar-refractivity contribution is 0.133. The van der Waals surface area contributed by atoms with Crippen molar-refractivity contribution >= 4 is 17.4 Å². The third-order valence-electron chi connectivity index (χ3n) is 4.89. The molecule has 152 valence electrons. The normalized spacial score (nSPS) is 15.9. The average molecular weight is 405 g/mol. The number of aryl methyl sites for hydroxylation is 1. The number of piperazine rings is 1. The maximum atomic E-state index is 12.6. The molecule has 3 rings (SSSR count). The maximum absolute atomic E-state index is 12.6. The summed E-state index contributed by atoms with van der Waals surface area (Å²) in [5.41, 5.74) is 2.08. The van der Waals surface area contributed by atoms with E-state index in [1.807, 2.05) is 42.3 Å². The number of nitrogens with one attached hydrogen (secondary N) is 1. The predicted molar refractivity (Wildman–Crippen MR) is 110 cm³/mol. The molecule has 1 saturated heterocycles. The molecule has 0 aliphatic carbocycles. The Hall–Kier alpha value is -2.32. The Morgan fingerprint density at radius 1 is 1.25 bits per heavy atom. The number of thiazole rings is 1. The van der Waals surface area contributed by atoms with Gasteiger partial charge in [-0.05, 0) is 32.0 Å². The Bertz CT molecular complexity index is 802. The molecule has 1 aromatic heterocycles. The fourth-order valence-electron chi connectivity index (χ4n) is 3.26. The first-order chi connectivity index (χ1) is 13.5. The molecule has 1 unspecified atom stereocenters. The van der Waals surface area contributed by atoms with Gasteiger partial charge in [0.2, 0.25) is 0 Å². The highest BCUT2D eigenvalue weighted by atomic mass is 32.1. The summed E-state index contributed by atoms with van der Waals surface area (Å²) in [5, 5.41) is 6.00. The standard InChI is InChI=1S/C20H28N4O3S/c1-14-13-28-19(21-14)15(2)22-20(25)24-9-7-23(8-10-24)12-16-11-17(26-3)5-6-18(16)27-4/h5-6,11,13,15H,7-10,12H2,1-4H3,(H,22,25). The van der Waals surface area contributed by atoms with E-state index in [4.69, 9.17) is 9.47 Å². The van der Waals surface area contributed by atoms with Crippen LogP contribution >= 0.6 is 11.3 Å². The van der Waals surface area contributed by atoms with E-state index in [1.165, 1.54) is 0 Å². The van der Waals surface area contributed by atoms with Gasteiger partial charge in [-0.1, -0.05) is 0 Å². The van der Waals surface area contributed by atoms with Crippen LogP contribution < -0.4 is 14.8 Å². The number of methoxy groups -OCH3 is 2. The number of hydrogen-bond acceptors (Lipinski definition) is 6. The molecule has 0 spiro atoms. The number of carbonyl (C=O) groups is 1. The fourth-order valence-corrected chi connectivity index (χ4v) is 4.07. The summed E-state index contributed by atoms with van der Waals surface area (Å²) in [6, 6.07) is 5.73. The summed E-state index contributed by atoms with van der Waals surface area (Å²) >= 11 is 1.58. The minimum atomic E-state index is -0.0784. The van der Waals surface area contributed by atoms with Crippen molar-refractivity contribution in [3.63, 3.8) is 0 Å². The molecule has 1 aliphatic heterocycles. The van der Waals surface area contributed by atoms with E-state index in [9.17, 15) is 4.79 Å². The van der Waals surface area contributed by atoms with Crippen LogP contribution in [0.1, 0.15) is 29.2 Å². The number of rotatable bonds is 6. The third kappa shape index (κ3) is 4.94. The molecule has 0 radical (unpaired) electrons. The van der Waals surface area contributed by atoms with Crippen LogP contribution in [-0.4, -0.2) is 61.2 Å². The number of ether oxygens (including phenoxy) is 2. The van der Waals surface area contributed by atoms with Gasteiger partial charge < -0.3 is 19.7 Å². The summed E-state index contributed by atoms with van der Waals surface area (Å²) in [7, 11) is 3.34. The van der Waals surface area contributed by atoms with Gasteiger partial charge in [0.05, 0.1) is 20.3 Å². The van der Waals surface area contributed by atoms with Gasteiger partial charge in [0.25, 0.3) is 0 Å². The lowest BCUT2D eigenvalue weighted by Gasteiger charge is -2.35. The Balaban J connectivity index is 1.52. The zero-order valence-corrected chi connectivity index (χ0v) is 17.7. The zero-order valence-electron chi connectivity index (χ0n) is 16.9. The molecule has 1 aromatic carbocycles. The second-order valence-electron chi connectivity index (χ2n) is 6.94. The number of amides is 2. The first-order valence-corrected chi connectivity index (χ1v) is 10.3. The van der Waals surface area contributed by atoms with Crippen LogP contribution in [0.3, 0.4) is 0 Å². The van der Waals surface area contributed by atoms with E-state index < -0.39 is 0 Å². The van der Waals surface area contributed by atoms with Gasteiger partial charge >= 0.3 is 6.03 Å². The van der Waals surface area contributed by atoms with Crippen molar-refractivity contribution in [2.45, 2.75) is 26.4 Å². The van der Waals surface area contributed by atoms with Crippen LogP contribution in [0.2, 0.25) is 0 Å². The fraction of sp³-hybridized carbons (Fsp3) is 0.500. The molecule has 1 fully saturated rings. The molecule has 2 amide bonds. The van der Waals surface area contributed by atoms with E-state index >= 15 is 0 Å². The van der Waals surface area contributed by atoms with Crippen LogP contribution in [-0.2, 0) is 6.54 Å². The Labute approximate surface area is 170 Å². The van der Waals surface area contributed by atoms with Crippen molar-refractivity contribution in [2.75, 3.05) is 40.4 Å². The predicted octanol–water partition coefficient (Wildman–Crippen LogP) is 3.06. The van der Waals surface area contributed by atoms with Crippen molar-refractivity contribution in [3.05, 3.63) is 39.8 Å². The molecule has 7 nitrogen and oxygen atoms in total. The maximum Gasteiger partial charge on any atom is 0.318 e. The molecule has 2 heterocycles. The summed E-state index contributed by atoms with van der Waals surface area (Å²) in [4.78, 5) is 21.2. The quantitative estimate of drug-likeness (QED) is 0.802. The van der Waals surface area contributed by atoms with Crippen LogP contribution in [0.15, 0.2) is 23.6 Å². The molecule has 1 aliphatic rings. The Kier molecular flexibility index (Phi) is 6.74. The highest BCUT2D eigenvalue weighted by Crippen LogP contribution is 2.25. The minimum absolute atomic E-state index is 0.0287. The molecule has 1 N–H and O–H groups in total. The van der Waals surface area contributed by atoms with Gasteiger partial charge in [0.1, 0.15) is 16.5 Å². The molecule has 2 aromatic rings. The number of carbonyl (C=O) groups excluding carboxylic acids is 1. The summed E-state index contributed by atoms with van der Waals surface area (Å²) < 4.78 is 10.8. The smallest absolute Gasteiger partial charge is 0.318 e. The van der Waals surface area contributed by atoms with Crippen molar-refractivity contribution in [3.8, 4) is 11.5 Å². The highest BCUT2D eigenvalue weighted by molar-refractivity contribution is 7.09. The van der Waals surface area contributed by atoms with Gasteiger partial charge in [-0.15, -0.1) is 11.3 Å². The lowest BCUT2D eigenvalue weighted by atomic mass is 10.1.